The topological polar surface area (TPSA) is 110 Å². The fourth-order valence-corrected chi connectivity index (χ4v) is 1.85. The number of hydrogen-bond acceptors (Lipinski definition) is 7. The van der Waals surface area contributed by atoms with Crippen LogP contribution in [0.4, 0.5) is 11.5 Å². The fourth-order valence-electron chi connectivity index (χ4n) is 1.85. The van der Waals surface area contributed by atoms with Crippen LogP contribution in [0, 0.1) is 21.4 Å². The lowest BCUT2D eigenvalue weighted by Gasteiger charge is -2.17. The number of nitriles is 1. The fraction of sp³-hybridized carbons (Fsp3) is 0.500. The van der Waals surface area contributed by atoms with E-state index in [1.54, 1.807) is 0 Å². The number of pyridine rings is 1. The van der Waals surface area contributed by atoms with Crippen LogP contribution < -0.4 is 5.32 Å². The van der Waals surface area contributed by atoms with E-state index in [9.17, 15) is 10.1 Å². The zero-order valence-electron chi connectivity index (χ0n) is 11.1. The maximum absolute atomic E-state index is 10.6. The molecule has 2 rings (SSSR count). The highest BCUT2D eigenvalue weighted by Crippen LogP contribution is 2.23. The maximum Gasteiger partial charge on any atom is 0.289 e. The number of nitro groups is 1. The van der Waals surface area contributed by atoms with Gasteiger partial charge in [0.15, 0.2) is 5.79 Å². The van der Waals surface area contributed by atoms with Gasteiger partial charge in [0.05, 0.1) is 11.5 Å². The van der Waals surface area contributed by atoms with E-state index in [0.717, 1.165) is 6.20 Å². The number of aromatic nitrogens is 1. The number of rotatable bonds is 4. The van der Waals surface area contributed by atoms with Crippen molar-refractivity contribution < 1.29 is 14.4 Å². The molecule has 0 aromatic carbocycles. The van der Waals surface area contributed by atoms with E-state index in [1.165, 1.54) is 6.07 Å². The molecule has 1 atom stereocenters. The van der Waals surface area contributed by atoms with Crippen LogP contribution in [0.5, 0.6) is 0 Å². The van der Waals surface area contributed by atoms with Gasteiger partial charge >= 0.3 is 0 Å². The minimum absolute atomic E-state index is 0.123. The van der Waals surface area contributed by atoms with Crippen molar-refractivity contribution in [2.75, 3.05) is 18.5 Å². The van der Waals surface area contributed by atoms with Gasteiger partial charge in [0, 0.05) is 12.6 Å². The van der Waals surface area contributed by atoms with Crippen LogP contribution in [-0.2, 0) is 9.47 Å². The molecule has 20 heavy (non-hydrogen) atoms. The van der Waals surface area contributed by atoms with Gasteiger partial charge in [-0.2, -0.15) is 5.26 Å². The van der Waals surface area contributed by atoms with Crippen LogP contribution in [0.1, 0.15) is 19.4 Å². The smallest absolute Gasteiger partial charge is 0.289 e. The summed E-state index contributed by atoms with van der Waals surface area (Å²) in [6.45, 7) is 4.48. The zero-order valence-corrected chi connectivity index (χ0v) is 11.1. The average molecular weight is 278 g/mol. The minimum atomic E-state index is -0.618. The summed E-state index contributed by atoms with van der Waals surface area (Å²) in [5, 5.41) is 22.6. The molecule has 1 aromatic rings. The standard InChI is InChI=1S/C12H14N4O4/c1-12(2)19-7-10(20-12)6-15-11-8(4-13)3-9(5-14-11)16(17)18/h3,5,10H,6-7H2,1-2H3,(H,14,15). The molecule has 0 radical (unpaired) electrons. The molecule has 1 aliphatic heterocycles. The van der Waals surface area contributed by atoms with Crippen molar-refractivity contribution in [1.82, 2.24) is 4.98 Å². The second-order valence-corrected chi connectivity index (χ2v) is 4.79. The Kier molecular flexibility index (Phi) is 3.83. The molecule has 0 bridgehead atoms. The number of anilines is 1. The highest BCUT2D eigenvalue weighted by Gasteiger charge is 2.32. The van der Waals surface area contributed by atoms with Crippen molar-refractivity contribution in [1.29, 1.82) is 5.26 Å². The minimum Gasteiger partial charge on any atom is -0.366 e. The molecule has 0 amide bonds. The van der Waals surface area contributed by atoms with Crippen molar-refractivity contribution in [3.8, 4) is 6.07 Å². The number of hydrogen-bond donors (Lipinski definition) is 1. The summed E-state index contributed by atoms with van der Waals surface area (Å²) in [4.78, 5) is 13.9. The lowest BCUT2D eigenvalue weighted by molar-refractivity contribution is -0.385. The van der Waals surface area contributed by atoms with Gasteiger partial charge in [0.25, 0.3) is 5.69 Å². The van der Waals surface area contributed by atoms with Crippen molar-refractivity contribution >= 4 is 11.5 Å². The van der Waals surface area contributed by atoms with E-state index in [1.807, 2.05) is 19.9 Å². The van der Waals surface area contributed by atoms with Crippen molar-refractivity contribution in [3.63, 3.8) is 0 Å². The second-order valence-electron chi connectivity index (χ2n) is 4.79. The lowest BCUT2D eigenvalue weighted by Crippen LogP contribution is -2.26. The first-order valence-corrected chi connectivity index (χ1v) is 6.01. The van der Waals surface area contributed by atoms with Gasteiger partial charge in [-0.05, 0) is 13.8 Å². The molecule has 0 spiro atoms. The SMILES string of the molecule is CC1(C)OCC(CNc2ncc([N+](=O)[O-])cc2C#N)O1. The van der Waals surface area contributed by atoms with Gasteiger partial charge in [-0.3, -0.25) is 10.1 Å². The van der Waals surface area contributed by atoms with Gasteiger partial charge in [-0.15, -0.1) is 0 Å². The maximum atomic E-state index is 10.6. The Morgan fingerprint density at radius 2 is 2.45 bits per heavy atom. The summed E-state index contributed by atoms with van der Waals surface area (Å²) in [6, 6.07) is 3.07. The third-order valence-electron chi connectivity index (χ3n) is 2.77. The highest BCUT2D eigenvalue weighted by atomic mass is 16.7. The van der Waals surface area contributed by atoms with E-state index in [0.29, 0.717) is 19.0 Å². The van der Waals surface area contributed by atoms with Crippen LogP contribution in [0.2, 0.25) is 0 Å². The second kappa shape index (κ2) is 5.40. The molecule has 106 valence electrons. The summed E-state index contributed by atoms with van der Waals surface area (Å²) >= 11 is 0. The number of ether oxygens (including phenoxy) is 2. The Morgan fingerprint density at radius 3 is 3.00 bits per heavy atom. The molecule has 1 N–H and O–H groups in total. The number of nitrogens with one attached hydrogen (secondary N) is 1. The van der Waals surface area contributed by atoms with Gasteiger partial charge in [-0.1, -0.05) is 0 Å². The highest BCUT2D eigenvalue weighted by molar-refractivity contribution is 5.55. The van der Waals surface area contributed by atoms with Gasteiger partial charge < -0.3 is 14.8 Å². The summed E-state index contributed by atoms with van der Waals surface area (Å²) in [5.41, 5.74) is -0.0916. The first-order chi connectivity index (χ1) is 9.41. The molecule has 0 saturated carbocycles. The third kappa shape index (κ3) is 3.20. The molecule has 8 nitrogen and oxygen atoms in total. The normalized spacial score (nSPS) is 20.4. The van der Waals surface area contributed by atoms with Crippen molar-refractivity contribution in [2.24, 2.45) is 0 Å². The van der Waals surface area contributed by atoms with E-state index in [4.69, 9.17) is 14.7 Å². The first-order valence-electron chi connectivity index (χ1n) is 6.01. The molecule has 8 heteroatoms. The molecule has 1 unspecified atom stereocenters. The molecule has 1 aromatic heterocycles. The van der Waals surface area contributed by atoms with E-state index in [-0.39, 0.29) is 17.4 Å². The zero-order chi connectivity index (χ0) is 14.8. The summed E-state index contributed by atoms with van der Waals surface area (Å²) in [7, 11) is 0. The lowest BCUT2D eigenvalue weighted by atomic mass is 10.2. The predicted octanol–water partition coefficient (Wildman–Crippen LogP) is 1.42. The Balaban J connectivity index is 2.03. The Bertz CT molecular complexity index is 567. The van der Waals surface area contributed by atoms with E-state index in [2.05, 4.69) is 10.3 Å². The van der Waals surface area contributed by atoms with Crippen LogP contribution in [0.15, 0.2) is 12.3 Å². The quantitative estimate of drug-likeness (QED) is 0.655. The van der Waals surface area contributed by atoms with Crippen LogP contribution >= 0.6 is 0 Å². The van der Waals surface area contributed by atoms with Gasteiger partial charge in [-0.25, -0.2) is 4.98 Å². The first kappa shape index (κ1) is 14.2. The molecule has 1 fully saturated rings. The Morgan fingerprint density at radius 1 is 1.70 bits per heavy atom. The van der Waals surface area contributed by atoms with E-state index < -0.39 is 10.7 Å². The van der Waals surface area contributed by atoms with Gasteiger partial charge in [0.1, 0.15) is 29.8 Å². The summed E-state index contributed by atoms with van der Waals surface area (Å²) < 4.78 is 11.0. The summed E-state index contributed by atoms with van der Waals surface area (Å²) in [6.07, 6.45) is 0.951. The molecular weight excluding hydrogens is 264 g/mol. The van der Waals surface area contributed by atoms with Crippen molar-refractivity contribution in [2.45, 2.75) is 25.7 Å². The molecule has 0 aliphatic carbocycles. The largest absolute Gasteiger partial charge is 0.366 e. The molecule has 1 saturated heterocycles. The van der Waals surface area contributed by atoms with Crippen LogP contribution in [0.25, 0.3) is 0 Å². The van der Waals surface area contributed by atoms with Crippen LogP contribution in [-0.4, -0.2) is 35.0 Å². The predicted molar refractivity (Wildman–Crippen MR) is 69.0 cm³/mol. The van der Waals surface area contributed by atoms with E-state index >= 15 is 0 Å². The molecular formula is C12H14N4O4. The molecule has 2 heterocycles. The monoisotopic (exact) mass is 278 g/mol. The Hall–Kier alpha value is -2.24. The van der Waals surface area contributed by atoms with Crippen LogP contribution in [0.3, 0.4) is 0 Å². The van der Waals surface area contributed by atoms with Gasteiger partial charge in [0.2, 0.25) is 0 Å². The third-order valence-corrected chi connectivity index (χ3v) is 2.77. The van der Waals surface area contributed by atoms with Crippen molar-refractivity contribution in [3.05, 3.63) is 27.9 Å². The Labute approximate surface area is 115 Å². The molecule has 1 aliphatic rings. The number of nitrogens with zero attached hydrogens (tertiary/aromatic N) is 3. The summed E-state index contributed by atoms with van der Waals surface area (Å²) in [5.74, 6) is -0.320. The average Bonchev–Trinajstić information content (AvgIpc) is 2.75.